The van der Waals surface area contributed by atoms with E-state index in [0.717, 1.165) is 5.56 Å². The predicted octanol–water partition coefficient (Wildman–Crippen LogP) is 1.82. The highest BCUT2D eigenvalue weighted by Crippen LogP contribution is 2.13. The number of rotatable bonds is 3. The number of pyridine rings is 2. The Morgan fingerprint density at radius 2 is 1.90 bits per heavy atom. The second-order valence-electron chi connectivity index (χ2n) is 4.10. The number of esters is 1. The minimum absolute atomic E-state index is 0.228. The minimum atomic E-state index is -0.535. The molecule has 0 radical (unpaired) electrons. The second kappa shape index (κ2) is 5.92. The van der Waals surface area contributed by atoms with E-state index >= 15 is 0 Å². The van der Waals surface area contributed by atoms with Gasteiger partial charge >= 0.3 is 5.97 Å². The first-order valence-electron chi connectivity index (χ1n) is 5.87. The SMILES string of the molecule is COC(=O)c1cncc(C(=O)Nc2ccncc2C)c1. The molecule has 102 valence electrons. The molecule has 6 heteroatoms. The van der Waals surface area contributed by atoms with Crippen LogP contribution in [0.2, 0.25) is 0 Å². The summed E-state index contributed by atoms with van der Waals surface area (Å²) in [4.78, 5) is 31.3. The van der Waals surface area contributed by atoms with Crippen molar-refractivity contribution in [1.82, 2.24) is 9.97 Å². The van der Waals surface area contributed by atoms with E-state index in [1.807, 2.05) is 6.92 Å². The van der Waals surface area contributed by atoms with E-state index in [2.05, 4.69) is 20.0 Å². The first-order chi connectivity index (χ1) is 9.61. The summed E-state index contributed by atoms with van der Waals surface area (Å²) in [6, 6.07) is 3.13. The summed E-state index contributed by atoms with van der Waals surface area (Å²) in [5.41, 5.74) is 2.02. The summed E-state index contributed by atoms with van der Waals surface area (Å²) in [5.74, 6) is -0.884. The number of carbonyl (C=O) groups excluding carboxylic acids is 2. The van der Waals surface area contributed by atoms with Crippen LogP contribution in [0.15, 0.2) is 36.9 Å². The van der Waals surface area contributed by atoms with Gasteiger partial charge in [0.15, 0.2) is 0 Å². The molecule has 1 N–H and O–H groups in total. The Bertz CT molecular complexity index is 656. The summed E-state index contributed by atoms with van der Waals surface area (Å²) in [6.45, 7) is 1.84. The van der Waals surface area contributed by atoms with Crippen LogP contribution in [0.4, 0.5) is 5.69 Å². The zero-order valence-corrected chi connectivity index (χ0v) is 11.1. The number of aryl methyl sites for hydroxylation is 1. The Kier molecular flexibility index (Phi) is 4.05. The van der Waals surface area contributed by atoms with Crippen LogP contribution in [0.25, 0.3) is 0 Å². The highest BCUT2D eigenvalue weighted by molar-refractivity contribution is 6.05. The fourth-order valence-electron chi connectivity index (χ4n) is 1.60. The molecule has 20 heavy (non-hydrogen) atoms. The van der Waals surface area contributed by atoms with Crippen LogP contribution in [0.5, 0.6) is 0 Å². The molecule has 0 aromatic carbocycles. The third kappa shape index (κ3) is 2.97. The molecule has 0 saturated heterocycles. The number of aromatic nitrogens is 2. The van der Waals surface area contributed by atoms with E-state index in [1.165, 1.54) is 25.6 Å². The van der Waals surface area contributed by atoms with Gasteiger partial charge in [0.05, 0.1) is 18.2 Å². The number of anilines is 1. The van der Waals surface area contributed by atoms with Crippen LogP contribution in [-0.4, -0.2) is 29.0 Å². The molecule has 6 nitrogen and oxygen atoms in total. The van der Waals surface area contributed by atoms with Crippen molar-refractivity contribution >= 4 is 17.6 Å². The number of amides is 1. The van der Waals surface area contributed by atoms with E-state index < -0.39 is 5.97 Å². The van der Waals surface area contributed by atoms with Gasteiger partial charge in [-0.1, -0.05) is 0 Å². The van der Waals surface area contributed by atoms with Crippen LogP contribution in [-0.2, 0) is 4.74 Å². The number of hydrogen-bond donors (Lipinski definition) is 1. The Labute approximate surface area is 115 Å². The van der Waals surface area contributed by atoms with Gasteiger partial charge in [-0.25, -0.2) is 4.79 Å². The molecule has 0 unspecified atom stereocenters. The molecule has 1 amide bonds. The largest absolute Gasteiger partial charge is 0.465 e. The molecule has 2 aromatic heterocycles. The fourth-order valence-corrected chi connectivity index (χ4v) is 1.60. The predicted molar refractivity (Wildman–Crippen MR) is 72.5 cm³/mol. The molecular formula is C14H13N3O3. The number of methoxy groups -OCH3 is 1. The summed E-state index contributed by atoms with van der Waals surface area (Å²) in [5, 5.41) is 2.74. The van der Waals surface area contributed by atoms with Crippen molar-refractivity contribution in [1.29, 1.82) is 0 Å². The van der Waals surface area contributed by atoms with Gasteiger partial charge in [-0.3, -0.25) is 14.8 Å². The lowest BCUT2D eigenvalue weighted by molar-refractivity contribution is 0.0600. The molecule has 2 rings (SSSR count). The summed E-state index contributed by atoms with van der Waals surface area (Å²) < 4.78 is 4.59. The van der Waals surface area contributed by atoms with E-state index in [-0.39, 0.29) is 17.0 Å². The molecule has 0 aliphatic rings. The van der Waals surface area contributed by atoms with Crippen molar-refractivity contribution in [3.8, 4) is 0 Å². The van der Waals surface area contributed by atoms with Crippen LogP contribution >= 0.6 is 0 Å². The molecule has 0 saturated carbocycles. The molecule has 0 bridgehead atoms. The highest BCUT2D eigenvalue weighted by Gasteiger charge is 2.12. The third-order valence-corrected chi connectivity index (χ3v) is 2.69. The van der Waals surface area contributed by atoms with Gasteiger partial charge in [0.25, 0.3) is 5.91 Å². The Morgan fingerprint density at radius 3 is 2.60 bits per heavy atom. The van der Waals surface area contributed by atoms with Gasteiger partial charge in [0.1, 0.15) is 0 Å². The van der Waals surface area contributed by atoms with Crippen molar-refractivity contribution < 1.29 is 14.3 Å². The number of nitrogens with one attached hydrogen (secondary N) is 1. The smallest absolute Gasteiger partial charge is 0.339 e. The molecule has 0 spiro atoms. The van der Waals surface area contributed by atoms with Crippen molar-refractivity contribution in [2.75, 3.05) is 12.4 Å². The van der Waals surface area contributed by atoms with Gasteiger partial charge in [-0.2, -0.15) is 0 Å². The van der Waals surface area contributed by atoms with Gasteiger partial charge in [-0.15, -0.1) is 0 Å². The number of carbonyl (C=O) groups is 2. The van der Waals surface area contributed by atoms with E-state index in [4.69, 9.17) is 0 Å². The van der Waals surface area contributed by atoms with Crippen molar-refractivity contribution in [2.45, 2.75) is 6.92 Å². The Morgan fingerprint density at radius 1 is 1.15 bits per heavy atom. The first kappa shape index (κ1) is 13.7. The maximum Gasteiger partial charge on any atom is 0.339 e. The van der Waals surface area contributed by atoms with Crippen LogP contribution in [0, 0.1) is 6.92 Å². The third-order valence-electron chi connectivity index (χ3n) is 2.69. The second-order valence-corrected chi connectivity index (χ2v) is 4.10. The lowest BCUT2D eigenvalue weighted by Gasteiger charge is -2.08. The quantitative estimate of drug-likeness (QED) is 0.861. The number of hydrogen-bond acceptors (Lipinski definition) is 5. The summed E-state index contributed by atoms with van der Waals surface area (Å²) in [7, 11) is 1.27. The highest BCUT2D eigenvalue weighted by atomic mass is 16.5. The maximum atomic E-state index is 12.1. The van der Waals surface area contributed by atoms with Crippen LogP contribution in [0.3, 0.4) is 0 Å². The molecular weight excluding hydrogens is 258 g/mol. The Hall–Kier alpha value is -2.76. The van der Waals surface area contributed by atoms with Gasteiger partial charge in [0, 0.05) is 30.5 Å². The van der Waals surface area contributed by atoms with Crippen molar-refractivity contribution in [3.63, 3.8) is 0 Å². The average molecular weight is 271 g/mol. The lowest BCUT2D eigenvalue weighted by atomic mass is 10.2. The summed E-state index contributed by atoms with van der Waals surface area (Å²) in [6.07, 6.45) is 5.98. The molecule has 0 aliphatic heterocycles. The summed E-state index contributed by atoms with van der Waals surface area (Å²) >= 11 is 0. The normalized spacial score (nSPS) is 9.90. The van der Waals surface area contributed by atoms with E-state index in [0.29, 0.717) is 5.69 Å². The topological polar surface area (TPSA) is 81.2 Å². The first-order valence-corrected chi connectivity index (χ1v) is 5.87. The molecule has 0 fully saturated rings. The van der Waals surface area contributed by atoms with Gasteiger partial charge in [0.2, 0.25) is 0 Å². The number of nitrogens with zero attached hydrogens (tertiary/aromatic N) is 2. The van der Waals surface area contributed by atoms with Crippen LogP contribution < -0.4 is 5.32 Å². The van der Waals surface area contributed by atoms with Crippen molar-refractivity contribution in [2.24, 2.45) is 0 Å². The fraction of sp³-hybridized carbons (Fsp3) is 0.143. The van der Waals surface area contributed by atoms with Crippen molar-refractivity contribution in [3.05, 3.63) is 53.6 Å². The lowest BCUT2D eigenvalue weighted by Crippen LogP contribution is -2.14. The minimum Gasteiger partial charge on any atom is -0.465 e. The zero-order chi connectivity index (χ0) is 14.5. The Balaban J connectivity index is 2.22. The van der Waals surface area contributed by atoms with E-state index in [9.17, 15) is 9.59 Å². The van der Waals surface area contributed by atoms with Gasteiger partial charge < -0.3 is 10.1 Å². The maximum absolute atomic E-state index is 12.1. The zero-order valence-electron chi connectivity index (χ0n) is 11.1. The molecule has 0 atom stereocenters. The standard InChI is InChI=1S/C14H13N3O3/c1-9-6-15-4-3-12(9)17-13(18)10-5-11(8-16-7-10)14(19)20-2/h3-8H,1-2H3,(H,15,17,18). The monoisotopic (exact) mass is 271 g/mol. The van der Waals surface area contributed by atoms with E-state index in [1.54, 1.807) is 18.5 Å². The molecule has 2 heterocycles. The average Bonchev–Trinajstić information content (AvgIpc) is 2.49. The molecule has 2 aromatic rings. The van der Waals surface area contributed by atoms with Gasteiger partial charge in [-0.05, 0) is 24.6 Å². The van der Waals surface area contributed by atoms with Crippen LogP contribution in [0.1, 0.15) is 26.3 Å². The number of ether oxygens (including phenoxy) is 1. The molecule has 0 aliphatic carbocycles.